The average Bonchev–Trinajstić information content (AvgIpc) is 3.54. The van der Waals surface area contributed by atoms with E-state index in [1.54, 1.807) is 0 Å². The molecule has 5 nitrogen and oxygen atoms in total. The van der Waals surface area contributed by atoms with Crippen molar-refractivity contribution < 1.29 is 9.53 Å². The van der Waals surface area contributed by atoms with Crippen LogP contribution in [0.15, 0.2) is 60.7 Å². The Morgan fingerprint density at radius 3 is 2.11 bits per heavy atom. The fourth-order valence-corrected chi connectivity index (χ4v) is 6.43. The first-order valence-electron chi connectivity index (χ1n) is 13.9. The molecule has 0 aromatic heterocycles. The lowest BCUT2D eigenvalue weighted by Gasteiger charge is -2.45. The molecule has 0 bridgehead atoms. The molecule has 194 valence electrons. The molecule has 2 aromatic rings. The SMILES string of the molecule is CC(C)(C)OC(=O)N1CCC(N(Cc2ccccc2)C2(C3CCN(Cc4ccccc4)C3)CC2)CC1. The normalized spacial score (nSPS) is 22.7. The molecule has 1 atom stereocenters. The highest BCUT2D eigenvalue weighted by Crippen LogP contribution is 2.53. The van der Waals surface area contributed by atoms with E-state index >= 15 is 0 Å². The predicted molar refractivity (Wildman–Crippen MR) is 145 cm³/mol. The predicted octanol–water partition coefficient (Wildman–Crippen LogP) is 5.94. The van der Waals surface area contributed by atoms with Crippen LogP contribution in [0, 0.1) is 5.92 Å². The molecule has 2 aliphatic heterocycles. The number of amides is 1. The van der Waals surface area contributed by atoms with Gasteiger partial charge in [-0.1, -0.05) is 60.7 Å². The van der Waals surface area contributed by atoms with Crippen LogP contribution >= 0.6 is 0 Å². The van der Waals surface area contributed by atoms with Gasteiger partial charge in [0.15, 0.2) is 0 Å². The minimum Gasteiger partial charge on any atom is -0.444 e. The topological polar surface area (TPSA) is 36.0 Å². The minimum absolute atomic E-state index is 0.163. The van der Waals surface area contributed by atoms with Crippen LogP contribution in [0.1, 0.15) is 64.0 Å². The van der Waals surface area contributed by atoms with Crippen LogP contribution < -0.4 is 0 Å². The van der Waals surface area contributed by atoms with Crippen LogP contribution in [0.4, 0.5) is 4.79 Å². The molecule has 3 aliphatic rings. The van der Waals surface area contributed by atoms with Gasteiger partial charge in [-0.3, -0.25) is 9.80 Å². The summed E-state index contributed by atoms with van der Waals surface area (Å²) in [6.07, 6.45) is 5.77. The Bertz CT molecular complexity index is 991. The van der Waals surface area contributed by atoms with E-state index in [2.05, 4.69) is 70.5 Å². The number of likely N-dealkylation sites (tertiary alicyclic amines) is 2. The Morgan fingerprint density at radius 2 is 1.53 bits per heavy atom. The quantitative estimate of drug-likeness (QED) is 0.482. The summed E-state index contributed by atoms with van der Waals surface area (Å²) in [5.74, 6) is 0.716. The molecule has 0 N–H and O–H groups in total. The van der Waals surface area contributed by atoms with Crippen molar-refractivity contribution in [1.29, 1.82) is 0 Å². The zero-order chi connectivity index (χ0) is 25.2. The summed E-state index contributed by atoms with van der Waals surface area (Å²) in [7, 11) is 0. The first-order chi connectivity index (χ1) is 17.3. The molecule has 3 fully saturated rings. The summed E-state index contributed by atoms with van der Waals surface area (Å²) < 4.78 is 5.66. The van der Waals surface area contributed by atoms with Gasteiger partial charge in [-0.05, 0) is 76.5 Å². The van der Waals surface area contributed by atoms with Crippen molar-refractivity contribution in [2.24, 2.45) is 5.92 Å². The number of benzene rings is 2. The van der Waals surface area contributed by atoms with E-state index in [9.17, 15) is 4.79 Å². The van der Waals surface area contributed by atoms with E-state index in [-0.39, 0.29) is 6.09 Å². The molecule has 1 saturated carbocycles. The largest absolute Gasteiger partial charge is 0.444 e. The van der Waals surface area contributed by atoms with E-state index in [0.29, 0.717) is 17.5 Å². The van der Waals surface area contributed by atoms with E-state index in [0.717, 1.165) is 39.0 Å². The van der Waals surface area contributed by atoms with Crippen LogP contribution in [-0.2, 0) is 17.8 Å². The standard InChI is InChI=1S/C31H43N3O2/c1-30(2,3)36-29(35)33-20-15-28(16-21-33)34(23-26-12-8-5-9-13-26)31(17-18-31)27-14-19-32(24-27)22-25-10-6-4-7-11-25/h4-13,27-28H,14-24H2,1-3H3. The van der Waals surface area contributed by atoms with Crippen molar-refractivity contribution in [2.45, 2.75) is 83.1 Å². The highest BCUT2D eigenvalue weighted by atomic mass is 16.6. The number of rotatable bonds is 7. The monoisotopic (exact) mass is 489 g/mol. The van der Waals surface area contributed by atoms with E-state index in [1.807, 2.05) is 25.7 Å². The molecule has 5 rings (SSSR count). The fraction of sp³-hybridized carbons (Fsp3) is 0.581. The van der Waals surface area contributed by atoms with Crippen LogP contribution in [0.25, 0.3) is 0 Å². The van der Waals surface area contributed by atoms with Gasteiger partial charge in [0.25, 0.3) is 0 Å². The summed E-state index contributed by atoms with van der Waals surface area (Å²) >= 11 is 0. The second kappa shape index (κ2) is 10.5. The number of carbonyl (C=O) groups excluding carboxylic acids is 1. The van der Waals surface area contributed by atoms with Crippen LogP contribution in [0.2, 0.25) is 0 Å². The van der Waals surface area contributed by atoms with Crippen LogP contribution in [0.3, 0.4) is 0 Å². The Balaban J connectivity index is 1.27. The van der Waals surface area contributed by atoms with Crippen molar-refractivity contribution >= 4 is 6.09 Å². The van der Waals surface area contributed by atoms with Crippen LogP contribution in [0.5, 0.6) is 0 Å². The maximum atomic E-state index is 12.7. The lowest BCUT2D eigenvalue weighted by molar-refractivity contribution is 0.000916. The minimum atomic E-state index is -0.445. The fourth-order valence-electron chi connectivity index (χ4n) is 6.43. The number of ether oxygens (including phenoxy) is 1. The molecule has 2 aromatic carbocycles. The number of hydrogen-bond acceptors (Lipinski definition) is 4. The lowest BCUT2D eigenvalue weighted by Crippen LogP contribution is -2.53. The molecular weight excluding hydrogens is 446 g/mol. The zero-order valence-corrected chi connectivity index (χ0v) is 22.4. The van der Waals surface area contributed by atoms with Gasteiger partial charge in [0, 0.05) is 44.3 Å². The van der Waals surface area contributed by atoms with Crippen molar-refractivity contribution in [2.75, 3.05) is 26.2 Å². The summed E-state index contributed by atoms with van der Waals surface area (Å²) in [6.45, 7) is 11.8. The number of carbonyl (C=O) groups is 1. The van der Waals surface area contributed by atoms with Crippen molar-refractivity contribution in [3.05, 3.63) is 71.8 Å². The van der Waals surface area contributed by atoms with Gasteiger partial charge in [-0.15, -0.1) is 0 Å². The molecule has 5 heteroatoms. The summed E-state index contributed by atoms with van der Waals surface area (Å²) in [5, 5.41) is 0. The van der Waals surface area contributed by atoms with E-state index < -0.39 is 5.60 Å². The lowest BCUT2D eigenvalue weighted by atomic mass is 9.90. The maximum absolute atomic E-state index is 12.7. The smallest absolute Gasteiger partial charge is 0.410 e. The van der Waals surface area contributed by atoms with Gasteiger partial charge >= 0.3 is 6.09 Å². The Kier molecular flexibility index (Phi) is 7.41. The molecule has 0 radical (unpaired) electrons. The number of nitrogens with zero attached hydrogens (tertiary/aromatic N) is 3. The summed E-state index contributed by atoms with van der Waals surface area (Å²) in [6, 6.07) is 22.4. The first kappa shape index (κ1) is 25.3. The number of hydrogen-bond donors (Lipinski definition) is 0. The third-order valence-electron chi connectivity index (χ3n) is 8.37. The van der Waals surface area contributed by atoms with Gasteiger partial charge in [0.2, 0.25) is 0 Å². The third kappa shape index (κ3) is 5.95. The van der Waals surface area contributed by atoms with Crippen LogP contribution in [-0.4, -0.2) is 64.2 Å². The second-order valence-corrected chi connectivity index (χ2v) is 12.1. The van der Waals surface area contributed by atoms with Gasteiger partial charge in [-0.25, -0.2) is 4.79 Å². The highest BCUT2D eigenvalue weighted by molar-refractivity contribution is 5.68. The molecule has 1 aliphatic carbocycles. The first-order valence-corrected chi connectivity index (χ1v) is 13.9. The van der Waals surface area contributed by atoms with E-state index in [4.69, 9.17) is 4.74 Å². The van der Waals surface area contributed by atoms with Gasteiger partial charge in [-0.2, -0.15) is 0 Å². The third-order valence-corrected chi connectivity index (χ3v) is 8.37. The average molecular weight is 490 g/mol. The van der Waals surface area contributed by atoms with Crippen molar-refractivity contribution in [3.63, 3.8) is 0 Å². The molecule has 1 unspecified atom stereocenters. The zero-order valence-electron chi connectivity index (χ0n) is 22.4. The molecule has 0 spiro atoms. The second-order valence-electron chi connectivity index (χ2n) is 12.1. The Morgan fingerprint density at radius 1 is 0.917 bits per heavy atom. The molecular formula is C31H43N3O2. The Labute approximate surface area is 217 Å². The summed E-state index contributed by atoms with van der Waals surface area (Å²) in [5.41, 5.74) is 2.68. The van der Waals surface area contributed by atoms with Gasteiger partial charge < -0.3 is 9.64 Å². The van der Waals surface area contributed by atoms with Gasteiger partial charge in [0.05, 0.1) is 0 Å². The molecule has 2 heterocycles. The Hall–Kier alpha value is -2.37. The van der Waals surface area contributed by atoms with Crippen molar-refractivity contribution in [3.8, 4) is 0 Å². The highest BCUT2D eigenvalue weighted by Gasteiger charge is 2.56. The molecule has 1 amide bonds. The molecule has 2 saturated heterocycles. The van der Waals surface area contributed by atoms with E-state index in [1.165, 1.54) is 43.5 Å². The van der Waals surface area contributed by atoms with Gasteiger partial charge in [0.1, 0.15) is 5.60 Å². The van der Waals surface area contributed by atoms with Crippen molar-refractivity contribution in [1.82, 2.24) is 14.7 Å². The molecule has 36 heavy (non-hydrogen) atoms. The maximum Gasteiger partial charge on any atom is 0.410 e. The number of piperidine rings is 1. The summed E-state index contributed by atoms with van der Waals surface area (Å²) in [4.78, 5) is 20.1.